The van der Waals surface area contributed by atoms with Gasteiger partial charge in [-0.25, -0.2) is 0 Å². The van der Waals surface area contributed by atoms with Gasteiger partial charge >= 0.3 is 0 Å². The molecule has 1 aromatic rings. The zero-order valence-corrected chi connectivity index (χ0v) is 11.5. The Bertz CT molecular complexity index is 434. The molecule has 0 bridgehead atoms. The number of amides is 1. The van der Waals surface area contributed by atoms with E-state index in [9.17, 15) is 4.79 Å². The first-order valence-electron chi connectivity index (χ1n) is 5.63. The van der Waals surface area contributed by atoms with Gasteiger partial charge in [-0.2, -0.15) is 0 Å². The van der Waals surface area contributed by atoms with Crippen molar-refractivity contribution in [2.75, 3.05) is 5.32 Å². The third-order valence-corrected chi connectivity index (χ3v) is 3.06. The smallest absolute Gasteiger partial charge is 0.224 e. The molecule has 0 unspecified atom stereocenters. The number of nitrogens with one attached hydrogen (secondary N) is 1. The molecule has 1 aromatic carbocycles. The van der Waals surface area contributed by atoms with E-state index in [1.807, 2.05) is 25.1 Å². The van der Waals surface area contributed by atoms with Gasteiger partial charge in [0.25, 0.3) is 0 Å². The van der Waals surface area contributed by atoms with Crippen LogP contribution < -0.4 is 5.32 Å². The maximum absolute atomic E-state index is 11.7. The van der Waals surface area contributed by atoms with Crippen LogP contribution in [0.25, 0.3) is 0 Å². The van der Waals surface area contributed by atoms with Crippen LogP contribution in [0.2, 0.25) is 0 Å². The number of aryl methyl sites for hydroxylation is 1. The van der Waals surface area contributed by atoms with E-state index in [1.165, 1.54) is 0 Å². The Morgan fingerprint density at radius 1 is 1.47 bits per heavy atom. The molecule has 17 heavy (non-hydrogen) atoms. The molecule has 0 aliphatic heterocycles. The number of benzene rings is 1. The molecular formula is C14H16BrNO. The van der Waals surface area contributed by atoms with Crippen LogP contribution in [0.5, 0.6) is 0 Å². The summed E-state index contributed by atoms with van der Waals surface area (Å²) < 4.78 is 0.903. The minimum Gasteiger partial charge on any atom is -0.325 e. The van der Waals surface area contributed by atoms with E-state index in [0.29, 0.717) is 6.42 Å². The van der Waals surface area contributed by atoms with Gasteiger partial charge in [0.05, 0.1) is 5.69 Å². The van der Waals surface area contributed by atoms with Crippen LogP contribution in [0.3, 0.4) is 0 Å². The Hall–Kier alpha value is -1.27. The van der Waals surface area contributed by atoms with Crippen molar-refractivity contribution in [3.8, 4) is 12.3 Å². The van der Waals surface area contributed by atoms with Gasteiger partial charge in [-0.3, -0.25) is 4.79 Å². The molecule has 0 fully saturated rings. The van der Waals surface area contributed by atoms with Crippen molar-refractivity contribution in [2.45, 2.75) is 32.6 Å². The number of carbonyl (C=O) groups excluding carboxylic acids is 1. The van der Waals surface area contributed by atoms with Gasteiger partial charge in [-0.05, 0) is 53.4 Å². The molecule has 0 radical (unpaired) electrons. The number of hydrogen-bond donors (Lipinski definition) is 1. The second kappa shape index (κ2) is 7.13. The van der Waals surface area contributed by atoms with Crippen LogP contribution in [0, 0.1) is 19.3 Å². The predicted octanol–water partition coefficient (Wildman–Crippen LogP) is 3.89. The lowest BCUT2D eigenvalue weighted by Crippen LogP contribution is -2.11. The molecule has 0 aliphatic rings. The molecule has 0 atom stereocenters. The lowest BCUT2D eigenvalue weighted by molar-refractivity contribution is -0.116. The molecule has 1 amide bonds. The summed E-state index contributed by atoms with van der Waals surface area (Å²) in [6, 6.07) is 5.87. The molecule has 1 N–H and O–H groups in total. The minimum atomic E-state index is 0.0355. The van der Waals surface area contributed by atoms with E-state index in [-0.39, 0.29) is 5.91 Å². The Balaban J connectivity index is 2.45. The van der Waals surface area contributed by atoms with Crippen molar-refractivity contribution in [2.24, 2.45) is 0 Å². The summed E-state index contributed by atoms with van der Waals surface area (Å²) in [6.07, 6.45) is 8.14. The Morgan fingerprint density at radius 3 is 2.94 bits per heavy atom. The van der Waals surface area contributed by atoms with Crippen LogP contribution >= 0.6 is 15.9 Å². The topological polar surface area (TPSA) is 29.1 Å². The first kappa shape index (κ1) is 13.8. The second-order valence-electron chi connectivity index (χ2n) is 3.94. The number of unbranched alkanes of at least 4 members (excludes halogenated alkanes) is 2. The summed E-state index contributed by atoms with van der Waals surface area (Å²) in [5.74, 6) is 2.60. The fraction of sp³-hybridized carbons (Fsp3) is 0.357. The summed E-state index contributed by atoms with van der Waals surface area (Å²) >= 11 is 3.41. The quantitative estimate of drug-likeness (QED) is 0.648. The summed E-state index contributed by atoms with van der Waals surface area (Å²) in [7, 11) is 0. The molecule has 0 saturated heterocycles. The summed E-state index contributed by atoms with van der Waals surface area (Å²) in [4.78, 5) is 11.7. The number of terminal acetylenes is 1. The van der Waals surface area contributed by atoms with E-state index in [0.717, 1.165) is 35.0 Å². The number of carbonyl (C=O) groups is 1. The average molecular weight is 294 g/mol. The number of halogens is 1. The summed E-state index contributed by atoms with van der Waals surface area (Å²) in [5, 5.41) is 2.89. The molecule has 0 heterocycles. The van der Waals surface area contributed by atoms with Gasteiger partial charge in [-0.15, -0.1) is 12.3 Å². The maximum Gasteiger partial charge on any atom is 0.224 e. The predicted molar refractivity (Wildman–Crippen MR) is 74.8 cm³/mol. The molecule has 0 spiro atoms. The van der Waals surface area contributed by atoms with Crippen molar-refractivity contribution in [1.82, 2.24) is 0 Å². The SMILES string of the molecule is C#CCCCCC(=O)Nc1cc(C)ccc1Br. The summed E-state index contributed by atoms with van der Waals surface area (Å²) in [6.45, 7) is 2.00. The van der Waals surface area contributed by atoms with Gasteiger partial charge in [0.15, 0.2) is 0 Å². The zero-order valence-electron chi connectivity index (χ0n) is 9.92. The summed E-state index contributed by atoms with van der Waals surface area (Å²) in [5.41, 5.74) is 1.95. The monoisotopic (exact) mass is 293 g/mol. The minimum absolute atomic E-state index is 0.0355. The van der Waals surface area contributed by atoms with Gasteiger partial charge < -0.3 is 5.32 Å². The van der Waals surface area contributed by atoms with Crippen molar-refractivity contribution in [3.05, 3.63) is 28.2 Å². The van der Waals surface area contributed by atoms with E-state index < -0.39 is 0 Å². The largest absolute Gasteiger partial charge is 0.325 e. The zero-order chi connectivity index (χ0) is 12.7. The normalized spacial score (nSPS) is 9.71. The highest BCUT2D eigenvalue weighted by atomic mass is 79.9. The standard InChI is InChI=1S/C14H16BrNO/c1-3-4-5-6-7-14(17)16-13-10-11(2)8-9-12(13)15/h1,8-10H,4-7H2,2H3,(H,16,17). The van der Waals surface area contributed by atoms with Gasteiger partial charge in [-0.1, -0.05) is 6.07 Å². The Labute approximate surface area is 111 Å². The van der Waals surface area contributed by atoms with Gasteiger partial charge in [0.1, 0.15) is 0 Å². The van der Waals surface area contributed by atoms with Crippen molar-refractivity contribution < 1.29 is 4.79 Å². The van der Waals surface area contributed by atoms with Crippen LogP contribution in [0.4, 0.5) is 5.69 Å². The number of rotatable bonds is 5. The number of hydrogen-bond acceptors (Lipinski definition) is 1. The molecule has 90 valence electrons. The highest BCUT2D eigenvalue weighted by Crippen LogP contribution is 2.23. The van der Waals surface area contributed by atoms with Crippen LogP contribution in [-0.2, 0) is 4.79 Å². The van der Waals surface area contributed by atoms with Crippen LogP contribution in [0.15, 0.2) is 22.7 Å². The molecule has 0 saturated carbocycles. The fourth-order valence-electron chi connectivity index (χ4n) is 1.46. The van der Waals surface area contributed by atoms with E-state index in [2.05, 4.69) is 27.2 Å². The average Bonchev–Trinajstić information content (AvgIpc) is 2.29. The van der Waals surface area contributed by atoms with E-state index in [4.69, 9.17) is 6.42 Å². The highest BCUT2D eigenvalue weighted by molar-refractivity contribution is 9.10. The Kier molecular flexibility index (Phi) is 5.79. The van der Waals surface area contributed by atoms with E-state index in [1.54, 1.807) is 0 Å². The maximum atomic E-state index is 11.7. The third kappa shape index (κ3) is 5.06. The Morgan fingerprint density at radius 2 is 2.24 bits per heavy atom. The van der Waals surface area contributed by atoms with Crippen molar-refractivity contribution >= 4 is 27.5 Å². The van der Waals surface area contributed by atoms with E-state index >= 15 is 0 Å². The van der Waals surface area contributed by atoms with Gasteiger partial charge in [0.2, 0.25) is 5.91 Å². The molecule has 1 rings (SSSR count). The highest BCUT2D eigenvalue weighted by Gasteiger charge is 2.05. The molecule has 2 nitrogen and oxygen atoms in total. The molecule has 0 aromatic heterocycles. The lowest BCUT2D eigenvalue weighted by atomic mass is 10.2. The van der Waals surface area contributed by atoms with Crippen molar-refractivity contribution in [3.63, 3.8) is 0 Å². The van der Waals surface area contributed by atoms with Crippen molar-refractivity contribution in [1.29, 1.82) is 0 Å². The molecule has 3 heteroatoms. The first-order chi connectivity index (χ1) is 8.13. The number of anilines is 1. The second-order valence-corrected chi connectivity index (χ2v) is 4.80. The molecular weight excluding hydrogens is 278 g/mol. The lowest BCUT2D eigenvalue weighted by Gasteiger charge is -2.08. The third-order valence-electron chi connectivity index (χ3n) is 2.37. The van der Waals surface area contributed by atoms with Gasteiger partial charge in [0, 0.05) is 17.3 Å². The van der Waals surface area contributed by atoms with Crippen LogP contribution in [-0.4, -0.2) is 5.91 Å². The first-order valence-corrected chi connectivity index (χ1v) is 6.42. The van der Waals surface area contributed by atoms with Crippen LogP contribution in [0.1, 0.15) is 31.2 Å². The molecule has 0 aliphatic carbocycles. The fourth-order valence-corrected chi connectivity index (χ4v) is 1.81.